The molecule has 1 N–H and O–H groups in total. The lowest BCUT2D eigenvalue weighted by Crippen LogP contribution is -2.34. The molecule has 0 saturated carbocycles. The molecule has 0 aliphatic carbocycles. The van der Waals surface area contributed by atoms with E-state index < -0.39 is 0 Å². The van der Waals surface area contributed by atoms with E-state index in [4.69, 9.17) is 9.97 Å². The van der Waals surface area contributed by atoms with Gasteiger partial charge in [-0.15, -0.1) is 0 Å². The molecule has 0 radical (unpaired) electrons. The summed E-state index contributed by atoms with van der Waals surface area (Å²) < 4.78 is 1.58. The summed E-state index contributed by atoms with van der Waals surface area (Å²) >= 11 is 0. The minimum absolute atomic E-state index is 0.0344. The van der Waals surface area contributed by atoms with Crippen molar-refractivity contribution in [3.05, 3.63) is 76.6 Å². The van der Waals surface area contributed by atoms with Crippen LogP contribution >= 0.6 is 0 Å². The number of pyridine rings is 1. The lowest BCUT2D eigenvalue weighted by atomic mass is 10.0. The first-order chi connectivity index (χ1) is 13.3. The molecule has 1 aliphatic rings. The summed E-state index contributed by atoms with van der Waals surface area (Å²) in [5, 5.41) is 0. The second kappa shape index (κ2) is 6.63. The summed E-state index contributed by atoms with van der Waals surface area (Å²) in [4.78, 5) is 27.8. The Bertz CT molecular complexity index is 1130. The van der Waals surface area contributed by atoms with Gasteiger partial charge in [0.1, 0.15) is 11.5 Å². The highest BCUT2D eigenvalue weighted by atomic mass is 16.1. The summed E-state index contributed by atoms with van der Waals surface area (Å²) in [5.41, 5.74) is 3.54. The van der Waals surface area contributed by atoms with Crippen LogP contribution in [-0.4, -0.2) is 30.8 Å². The molecular formula is C21H21N5O. The van der Waals surface area contributed by atoms with Gasteiger partial charge in [0.05, 0.1) is 22.8 Å². The number of nitrogens with zero attached hydrogens (tertiary/aromatic N) is 4. The standard InChI is InChI=1S/C21H21N5O/c27-20-13-15(22-19-10-4-6-12-26(19)20)14-25-11-5-3-9-18(25)21-23-16-7-1-2-8-17(16)24-21/h1-2,4,6-8,10,12-13,18H,3,5,9,11,14H2,(H,23,24)/t18-/m0/s1. The number of benzene rings is 1. The number of para-hydroxylation sites is 2. The number of likely N-dealkylation sites (tertiary alicyclic amines) is 1. The van der Waals surface area contributed by atoms with Gasteiger partial charge in [0.2, 0.25) is 0 Å². The van der Waals surface area contributed by atoms with Crippen LogP contribution in [0.15, 0.2) is 59.5 Å². The van der Waals surface area contributed by atoms with Gasteiger partial charge in [-0.25, -0.2) is 9.97 Å². The number of nitrogens with one attached hydrogen (secondary N) is 1. The fourth-order valence-corrected chi connectivity index (χ4v) is 4.01. The van der Waals surface area contributed by atoms with Crippen molar-refractivity contribution in [3.8, 4) is 0 Å². The van der Waals surface area contributed by atoms with E-state index in [1.54, 1.807) is 16.7 Å². The van der Waals surface area contributed by atoms with Crippen LogP contribution in [0.1, 0.15) is 36.8 Å². The molecule has 4 aromatic rings. The van der Waals surface area contributed by atoms with E-state index in [9.17, 15) is 4.79 Å². The number of aromatic nitrogens is 4. The number of hydrogen-bond donors (Lipinski definition) is 1. The van der Waals surface area contributed by atoms with E-state index in [1.807, 2.05) is 36.4 Å². The van der Waals surface area contributed by atoms with E-state index in [0.717, 1.165) is 41.9 Å². The Labute approximate surface area is 156 Å². The summed E-state index contributed by atoms with van der Waals surface area (Å²) in [6.07, 6.45) is 5.16. The van der Waals surface area contributed by atoms with Crippen molar-refractivity contribution in [2.24, 2.45) is 0 Å². The van der Waals surface area contributed by atoms with Crippen LogP contribution in [0.2, 0.25) is 0 Å². The Kier molecular flexibility index (Phi) is 3.98. The Morgan fingerprint density at radius 2 is 1.96 bits per heavy atom. The average Bonchev–Trinajstić information content (AvgIpc) is 3.12. The maximum atomic E-state index is 12.4. The summed E-state index contributed by atoms with van der Waals surface area (Å²) in [7, 11) is 0. The predicted molar refractivity (Wildman–Crippen MR) is 105 cm³/mol. The maximum absolute atomic E-state index is 12.4. The molecule has 1 saturated heterocycles. The second-order valence-electron chi connectivity index (χ2n) is 7.14. The van der Waals surface area contributed by atoms with Crippen LogP contribution in [0.25, 0.3) is 16.7 Å². The monoisotopic (exact) mass is 359 g/mol. The molecule has 0 amide bonds. The third-order valence-electron chi connectivity index (χ3n) is 5.33. The van der Waals surface area contributed by atoms with Crippen LogP contribution < -0.4 is 5.56 Å². The third-order valence-corrected chi connectivity index (χ3v) is 5.33. The zero-order valence-electron chi connectivity index (χ0n) is 15.0. The largest absolute Gasteiger partial charge is 0.341 e. The van der Waals surface area contributed by atoms with Gasteiger partial charge >= 0.3 is 0 Å². The van der Waals surface area contributed by atoms with E-state index in [-0.39, 0.29) is 11.6 Å². The quantitative estimate of drug-likeness (QED) is 0.609. The number of H-pyrrole nitrogens is 1. The first-order valence-corrected chi connectivity index (χ1v) is 9.44. The maximum Gasteiger partial charge on any atom is 0.258 e. The van der Waals surface area contributed by atoms with Gasteiger partial charge in [0.15, 0.2) is 0 Å². The molecule has 0 unspecified atom stereocenters. The van der Waals surface area contributed by atoms with Crippen LogP contribution in [0.5, 0.6) is 0 Å². The summed E-state index contributed by atoms with van der Waals surface area (Å²) in [6.45, 7) is 1.64. The van der Waals surface area contributed by atoms with E-state index in [2.05, 4.69) is 16.0 Å². The minimum Gasteiger partial charge on any atom is -0.341 e. The molecular weight excluding hydrogens is 338 g/mol. The van der Waals surface area contributed by atoms with Gasteiger partial charge in [0, 0.05) is 18.8 Å². The molecule has 4 heterocycles. The van der Waals surface area contributed by atoms with Gasteiger partial charge in [-0.1, -0.05) is 24.6 Å². The summed E-state index contributed by atoms with van der Waals surface area (Å²) in [6, 6.07) is 15.6. The van der Waals surface area contributed by atoms with E-state index in [1.165, 1.54) is 6.42 Å². The van der Waals surface area contributed by atoms with Crippen LogP contribution in [-0.2, 0) is 6.54 Å². The Balaban J connectivity index is 1.48. The highest BCUT2D eigenvalue weighted by Crippen LogP contribution is 2.31. The number of rotatable bonds is 3. The predicted octanol–water partition coefficient (Wildman–Crippen LogP) is 3.30. The van der Waals surface area contributed by atoms with Crippen LogP contribution in [0.4, 0.5) is 0 Å². The molecule has 0 bridgehead atoms. The molecule has 136 valence electrons. The number of aromatic amines is 1. The third kappa shape index (κ3) is 3.02. The fourth-order valence-electron chi connectivity index (χ4n) is 4.01. The van der Waals surface area contributed by atoms with Gasteiger partial charge < -0.3 is 4.98 Å². The van der Waals surface area contributed by atoms with Gasteiger partial charge in [-0.2, -0.15) is 0 Å². The number of fused-ring (bicyclic) bond motifs is 2. The Morgan fingerprint density at radius 3 is 2.89 bits per heavy atom. The highest BCUT2D eigenvalue weighted by molar-refractivity contribution is 5.74. The minimum atomic E-state index is -0.0344. The highest BCUT2D eigenvalue weighted by Gasteiger charge is 2.27. The molecule has 27 heavy (non-hydrogen) atoms. The molecule has 5 rings (SSSR count). The SMILES string of the molecule is O=c1cc(CN2CCCC[C@H]2c2nc3ccccc3[nH]2)nc2ccccn12. The second-order valence-corrected chi connectivity index (χ2v) is 7.14. The molecule has 1 atom stereocenters. The molecule has 1 aliphatic heterocycles. The van der Waals surface area contributed by atoms with E-state index >= 15 is 0 Å². The van der Waals surface area contributed by atoms with Gasteiger partial charge in [-0.05, 0) is 43.7 Å². The van der Waals surface area contributed by atoms with E-state index in [0.29, 0.717) is 12.2 Å². The lowest BCUT2D eigenvalue weighted by Gasteiger charge is -2.34. The van der Waals surface area contributed by atoms with Crippen molar-refractivity contribution >= 4 is 16.7 Å². The van der Waals surface area contributed by atoms with Crippen molar-refractivity contribution in [3.63, 3.8) is 0 Å². The van der Waals surface area contributed by atoms with Crippen LogP contribution in [0, 0.1) is 0 Å². The lowest BCUT2D eigenvalue weighted by molar-refractivity contribution is 0.133. The Hall–Kier alpha value is -2.99. The molecule has 0 spiro atoms. The molecule has 1 fully saturated rings. The number of imidazole rings is 1. The smallest absolute Gasteiger partial charge is 0.258 e. The number of hydrogen-bond acceptors (Lipinski definition) is 4. The molecule has 6 nitrogen and oxygen atoms in total. The average molecular weight is 359 g/mol. The molecule has 3 aromatic heterocycles. The van der Waals surface area contributed by atoms with Crippen molar-refractivity contribution < 1.29 is 0 Å². The van der Waals surface area contributed by atoms with Crippen molar-refractivity contribution in [1.82, 2.24) is 24.3 Å². The fraction of sp³-hybridized carbons (Fsp3) is 0.286. The number of piperidine rings is 1. The van der Waals surface area contributed by atoms with Crippen LogP contribution in [0.3, 0.4) is 0 Å². The van der Waals surface area contributed by atoms with Gasteiger partial charge in [-0.3, -0.25) is 14.1 Å². The Morgan fingerprint density at radius 1 is 1.07 bits per heavy atom. The zero-order chi connectivity index (χ0) is 18.2. The first kappa shape index (κ1) is 16.2. The first-order valence-electron chi connectivity index (χ1n) is 9.44. The zero-order valence-corrected chi connectivity index (χ0v) is 15.0. The summed E-state index contributed by atoms with van der Waals surface area (Å²) in [5.74, 6) is 1.01. The molecule has 6 heteroatoms. The molecule has 1 aromatic carbocycles. The topological polar surface area (TPSA) is 66.3 Å². The van der Waals surface area contributed by atoms with Gasteiger partial charge in [0.25, 0.3) is 5.56 Å². The van der Waals surface area contributed by atoms with Crippen molar-refractivity contribution in [2.45, 2.75) is 31.8 Å². The van der Waals surface area contributed by atoms with Crippen molar-refractivity contribution in [2.75, 3.05) is 6.54 Å². The van der Waals surface area contributed by atoms with Crippen molar-refractivity contribution in [1.29, 1.82) is 0 Å². The normalized spacial score (nSPS) is 18.3.